The predicted molar refractivity (Wildman–Crippen MR) is 126 cm³/mol. The van der Waals surface area contributed by atoms with Crippen LogP contribution in [0, 0.1) is 11.8 Å². The number of alkyl halides is 1. The van der Waals surface area contributed by atoms with E-state index in [0.29, 0.717) is 12.5 Å². The zero-order valence-electron chi connectivity index (χ0n) is 18.2. The van der Waals surface area contributed by atoms with Crippen LogP contribution in [0.25, 0.3) is 0 Å². The highest BCUT2D eigenvalue weighted by atomic mass is 35.8. The molecular weight excluding hydrogens is 482 g/mol. The third-order valence-electron chi connectivity index (χ3n) is 6.28. The van der Waals surface area contributed by atoms with Gasteiger partial charge in [-0.05, 0) is 76.2 Å². The summed E-state index contributed by atoms with van der Waals surface area (Å²) in [6, 6.07) is 0. The number of carbonyl (C=O) groups is 1. The van der Waals surface area contributed by atoms with Gasteiger partial charge in [0.15, 0.2) is 12.6 Å². The maximum absolute atomic E-state index is 12.5. The largest absolute Gasteiger partial charge is 0.493 e. The lowest BCUT2D eigenvalue weighted by molar-refractivity contribution is -0.120. The summed E-state index contributed by atoms with van der Waals surface area (Å²) >= 11 is 17.0. The highest BCUT2D eigenvalue weighted by molar-refractivity contribution is 7.62. The number of carbonyl (C=O) groups excluding carboxylic acids is 1. The summed E-state index contributed by atoms with van der Waals surface area (Å²) in [6.45, 7) is 0.565. The SMILES string of the molecule is O=C(C=CC1CCC(OCF)CC1)C1CCC(OCCCCCCO[Si](Cl)(Cl)Cl)CC1. The molecule has 0 atom stereocenters. The van der Waals surface area contributed by atoms with Gasteiger partial charge in [0, 0.05) is 19.1 Å². The molecule has 0 aromatic carbocycles. The minimum Gasteiger partial charge on any atom is -0.381 e. The van der Waals surface area contributed by atoms with E-state index >= 15 is 0 Å². The van der Waals surface area contributed by atoms with Crippen molar-refractivity contribution in [3.05, 3.63) is 12.2 Å². The van der Waals surface area contributed by atoms with Gasteiger partial charge in [-0.15, -0.1) is 0 Å². The highest BCUT2D eigenvalue weighted by Gasteiger charge is 2.27. The average molecular weight is 518 g/mol. The minimum atomic E-state index is -2.94. The van der Waals surface area contributed by atoms with E-state index in [1.165, 1.54) is 0 Å². The standard InChI is InChI=1S/C22H36Cl3FO4Si/c23-31(24,25)30-16-4-2-1-3-15-28-20-12-8-19(9-13-20)22(27)14-7-18-5-10-21(11-6-18)29-17-26/h7,14,18-21H,1-6,8-13,15-17H2. The van der Waals surface area contributed by atoms with Gasteiger partial charge in [-0.1, -0.05) is 52.2 Å². The summed E-state index contributed by atoms with van der Waals surface area (Å²) in [6.07, 6.45) is 12.7. The van der Waals surface area contributed by atoms with E-state index < -0.39 is 13.1 Å². The van der Waals surface area contributed by atoms with Gasteiger partial charge in [0.1, 0.15) is 0 Å². The number of hydrogen-bond donors (Lipinski definition) is 0. The maximum Gasteiger partial charge on any atom is 0.493 e. The van der Waals surface area contributed by atoms with Crippen LogP contribution >= 0.6 is 33.2 Å². The van der Waals surface area contributed by atoms with E-state index in [0.717, 1.165) is 83.7 Å². The molecular formula is C22H36Cl3FO4Si. The Bertz CT molecular complexity index is 531. The molecule has 0 aliphatic heterocycles. The van der Waals surface area contributed by atoms with Crippen LogP contribution in [0.5, 0.6) is 0 Å². The van der Waals surface area contributed by atoms with E-state index in [1.807, 2.05) is 0 Å². The lowest BCUT2D eigenvalue weighted by atomic mass is 9.83. The first-order valence-electron chi connectivity index (χ1n) is 11.6. The summed E-state index contributed by atoms with van der Waals surface area (Å²) in [5.41, 5.74) is 0. The van der Waals surface area contributed by atoms with Crippen LogP contribution < -0.4 is 0 Å². The van der Waals surface area contributed by atoms with Crippen LogP contribution in [0.4, 0.5) is 4.39 Å². The number of unbranched alkanes of at least 4 members (excludes halogenated alkanes) is 3. The molecule has 0 amide bonds. The fourth-order valence-corrected chi connectivity index (χ4v) is 5.48. The second-order valence-corrected chi connectivity index (χ2v) is 16.3. The number of halogens is 4. The minimum absolute atomic E-state index is 0.0455. The highest BCUT2D eigenvalue weighted by Crippen LogP contribution is 2.30. The van der Waals surface area contributed by atoms with Crippen molar-refractivity contribution in [2.24, 2.45) is 11.8 Å². The van der Waals surface area contributed by atoms with Crippen LogP contribution in [0.3, 0.4) is 0 Å². The Morgan fingerprint density at radius 3 is 2.03 bits per heavy atom. The van der Waals surface area contributed by atoms with Crippen molar-refractivity contribution >= 4 is 45.3 Å². The van der Waals surface area contributed by atoms with Crippen LogP contribution in [0.2, 0.25) is 0 Å². The van der Waals surface area contributed by atoms with Gasteiger partial charge >= 0.3 is 6.25 Å². The van der Waals surface area contributed by atoms with Crippen molar-refractivity contribution in [3.63, 3.8) is 0 Å². The third-order valence-corrected chi connectivity index (χ3v) is 7.80. The molecule has 0 bridgehead atoms. The van der Waals surface area contributed by atoms with Crippen molar-refractivity contribution in [3.8, 4) is 0 Å². The molecule has 0 aromatic rings. The van der Waals surface area contributed by atoms with Crippen LogP contribution in [-0.4, -0.2) is 44.3 Å². The van der Waals surface area contributed by atoms with Crippen LogP contribution in [0.15, 0.2) is 12.2 Å². The fraction of sp³-hybridized carbons (Fsp3) is 0.864. The summed E-state index contributed by atoms with van der Waals surface area (Å²) in [4.78, 5) is 12.5. The second kappa shape index (κ2) is 15.3. The van der Waals surface area contributed by atoms with Crippen molar-refractivity contribution in [1.29, 1.82) is 0 Å². The quantitative estimate of drug-likeness (QED) is 0.109. The van der Waals surface area contributed by atoms with Crippen LogP contribution in [0.1, 0.15) is 77.0 Å². The average Bonchev–Trinajstić information content (AvgIpc) is 2.75. The third kappa shape index (κ3) is 12.4. The van der Waals surface area contributed by atoms with E-state index in [1.54, 1.807) is 6.08 Å². The summed E-state index contributed by atoms with van der Waals surface area (Å²) < 4.78 is 28.5. The topological polar surface area (TPSA) is 44.8 Å². The molecule has 0 spiro atoms. The van der Waals surface area contributed by atoms with Gasteiger partial charge in [0.05, 0.1) is 12.2 Å². The Morgan fingerprint density at radius 1 is 0.839 bits per heavy atom. The molecule has 9 heteroatoms. The molecule has 0 saturated heterocycles. The van der Waals surface area contributed by atoms with Crippen molar-refractivity contribution in [2.75, 3.05) is 20.1 Å². The molecule has 0 unspecified atom stereocenters. The molecule has 0 aromatic heterocycles. The monoisotopic (exact) mass is 516 g/mol. The lowest BCUT2D eigenvalue weighted by Gasteiger charge is -2.28. The number of allylic oxidation sites excluding steroid dienone is 2. The molecule has 180 valence electrons. The van der Waals surface area contributed by atoms with Gasteiger partial charge < -0.3 is 13.9 Å². The summed E-state index contributed by atoms with van der Waals surface area (Å²) in [5.74, 6) is 0.795. The Kier molecular flexibility index (Phi) is 13.6. The Hall–Kier alpha value is 0.307. The first-order chi connectivity index (χ1) is 14.9. The molecule has 2 aliphatic carbocycles. The van der Waals surface area contributed by atoms with Gasteiger partial charge in [0.2, 0.25) is 0 Å². The predicted octanol–water partition coefficient (Wildman–Crippen LogP) is 6.92. The lowest BCUT2D eigenvalue weighted by Crippen LogP contribution is -2.26. The van der Waals surface area contributed by atoms with Gasteiger partial charge in [0.25, 0.3) is 0 Å². The Labute approximate surface area is 201 Å². The van der Waals surface area contributed by atoms with Crippen molar-refractivity contribution in [2.45, 2.75) is 89.3 Å². The number of rotatable bonds is 14. The molecule has 31 heavy (non-hydrogen) atoms. The van der Waals surface area contributed by atoms with Crippen molar-refractivity contribution < 1.29 is 23.1 Å². The zero-order valence-corrected chi connectivity index (χ0v) is 21.5. The molecule has 2 saturated carbocycles. The summed E-state index contributed by atoms with van der Waals surface area (Å²) in [7, 11) is 0. The molecule has 2 rings (SSSR count). The smallest absolute Gasteiger partial charge is 0.381 e. The normalized spacial score (nSPS) is 27.6. The van der Waals surface area contributed by atoms with E-state index in [-0.39, 0.29) is 23.9 Å². The van der Waals surface area contributed by atoms with E-state index in [4.69, 9.17) is 47.1 Å². The molecule has 0 N–H and O–H groups in total. The van der Waals surface area contributed by atoms with E-state index in [2.05, 4.69) is 6.08 Å². The molecule has 2 aliphatic rings. The Balaban J connectivity index is 1.50. The molecule has 2 fully saturated rings. The second-order valence-electron chi connectivity index (χ2n) is 8.63. The Morgan fingerprint density at radius 2 is 1.42 bits per heavy atom. The number of ketones is 1. The van der Waals surface area contributed by atoms with Gasteiger partial charge in [-0.25, -0.2) is 4.39 Å². The summed E-state index contributed by atoms with van der Waals surface area (Å²) in [5, 5.41) is 0. The maximum atomic E-state index is 12.5. The first-order valence-corrected chi connectivity index (χ1v) is 16.5. The molecule has 0 heterocycles. The van der Waals surface area contributed by atoms with Crippen LogP contribution in [-0.2, 0) is 18.7 Å². The number of hydrogen-bond acceptors (Lipinski definition) is 4. The zero-order chi connectivity index (χ0) is 22.5. The number of ether oxygens (including phenoxy) is 2. The molecule has 4 nitrogen and oxygen atoms in total. The van der Waals surface area contributed by atoms with E-state index in [9.17, 15) is 9.18 Å². The van der Waals surface area contributed by atoms with Crippen molar-refractivity contribution in [1.82, 2.24) is 0 Å². The fourth-order valence-electron chi connectivity index (χ4n) is 4.41. The van der Waals surface area contributed by atoms with Gasteiger partial charge in [-0.2, -0.15) is 0 Å². The van der Waals surface area contributed by atoms with Gasteiger partial charge in [-0.3, -0.25) is 4.79 Å². The first kappa shape index (κ1) is 27.6. The molecule has 0 radical (unpaired) electrons.